The molecule has 0 radical (unpaired) electrons. The number of fused-ring (bicyclic) bond motifs is 6. The third-order valence-corrected chi connectivity index (χ3v) is 9.76. The summed E-state index contributed by atoms with van der Waals surface area (Å²) in [5, 5.41) is 2.23. The number of nitrogens with zero attached hydrogens (tertiary/aromatic N) is 1. The van der Waals surface area contributed by atoms with Gasteiger partial charge in [-0.15, -0.1) is 0 Å². The van der Waals surface area contributed by atoms with Crippen molar-refractivity contribution < 1.29 is 4.42 Å². The van der Waals surface area contributed by atoms with E-state index >= 15 is 0 Å². The Bertz CT molecular complexity index is 2320. The number of furan rings is 1. The molecule has 0 aliphatic heterocycles. The molecule has 0 N–H and O–H groups in total. The minimum absolute atomic E-state index is 0.285. The zero-order valence-corrected chi connectivity index (χ0v) is 25.5. The van der Waals surface area contributed by atoms with Crippen LogP contribution in [-0.4, -0.2) is 0 Å². The van der Waals surface area contributed by atoms with Crippen molar-refractivity contribution in [1.82, 2.24) is 0 Å². The highest BCUT2D eigenvalue weighted by molar-refractivity contribution is 6.13. The van der Waals surface area contributed by atoms with E-state index in [0.717, 1.165) is 39.0 Å². The van der Waals surface area contributed by atoms with Crippen molar-refractivity contribution in [3.63, 3.8) is 0 Å². The van der Waals surface area contributed by atoms with Gasteiger partial charge < -0.3 is 9.32 Å². The molecular formula is C44H31NO. The molecule has 0 bridgehead atoms. The molecule has 0 unspecified atom stereocenters. The summed E-state index contributed by atoms with van der Waals surface area (Å²) in [5.74, 6) is 0. The van der Waals surface area contributed by atoms with E-state index in [1.54, 1.807) is 0 Å². The van der Waals surface area contributed by atoms with Crippen LogP contribution in [0.2, 0.25) is 0 Å². The second-order valence-electron chi connectivity index (χ2n) is 12.3. The summed E-state index contributed by atoms with van der Waals surface area (Å²) in [6.07, 6.45) is 0. The predicted octanol–water partition coefficient (Wildman–Crippen LogP) is 12.1. The third kappa shape index (κ3) is 3.97. The van der Waals surface area contributed by atoms with E-state index in [0.29, 0.717) is 0 Å². The highest BCUT2D eigenvalue weighted by Crippen LogP contribution is 2.53. The van der Waals surface area contributed by atoms with Crippen molar-refractivity contribution in [1.29, 1.82) is 0 Å². The van der Waals surface area contributed by atoms with Gasteiger partial charge in [-0.25, -0.2) is 0 Å². The highest BCUT2D eigenvalue weighted by Gasteiger charge is 2.40. The van der Waals surface area contributed by atoms with Gasteiger partial charge in [-0.05, 0) is 94.4 Å². The average molecular weight is 590 g/mol. The fourth-order valence-electron chi connectivity index (χ4n) is 7.51. The molecule has 0 atom stereocenters. The van der Waals surface area contributed by atoms with Gasteiger partial charge in [0.25, 0.3) is 0 Å². The summed E-state index contributed by atoms with van der Waals surface area (Å²) in [7, 11) is 0. The summed E-state index contributed by atoms with van der Waals surface area (Å²) in [5.41, 5.74) is 13.7. The fraction of sp³-hybridized carbons (Fsp3) is 0.0455. The maximum absolute atomic E-state index is 6.55. The van der Waals surface area contributed by atoms with Crippen LogP contribution >= 0.6 is 0 Å². The molecule has 1 heterocycles. The van der Waals surface area contributed by atoms with Crippen molar-refractivity contribution in [2.24, 2.45) is 0 Å². The SMILES string of the molecule is CC1(c2ccc3oc4cccc(N(c5ccccc5)c5ccc(-c6ccccc6)cc5)c4c3c2)c2ccccc2-c2ccccc21. The number of anilines is 3. The van der Waals surface area contributed by atoms with E-state index in [9.17, 15) is 0 Å². The van der Waals surface area contributed by atoms with Crippen molar-refractivity contribution in [2.75, 3.05) is 4.90 Å². The number of benzene rings is 7. The van der Waals surface area contributed by atoms with E-state index < -0.39 is 0 Å². The molecule has 0 spiro atoms. The maximum atomic E-state index is 6.55. The van der Waals surface area contributed by atoms with Crippen LogP contribution < -0.4 is 4.90 Å². The lowest BCUT2D eigenvalue weighted by atomic mass is 9.74. The van der Waals surface area contributed by atoms with Crippen molar-refractivity contribution in [3.8, 4) is 22.3 Å². The van der Waals surface area contributed by atoms with E-state index in [1.165, 1.54) is 38.9 Å². The molecule has 2 heteroatoms. The van der Waals surface area contributed by atoms with Gasteiger partial charge in [0.1, 0.15) is 11.2 Å². The maximum Gasteiger partial charge on any atom is 0.137 e. The van der Waals surface area contributed by atoms with Crippen LogP contribution in [0.1, 0.15) is 23.6 Å². The van der Waals surface area contributed by atoms with Gasteiger partial charge >= 0.3 is 0 Å². The first kappa shape index (κ1) is 26.5. The lowest BCUT2D eigenvalue weighted by Crippen LogP contribution is -2.22. The predicted molar refractivity (Wildman–Crippen MR) is 191 cm³/mol. The molecule has 1 aromatic heterocycles. The van der Waals surface area contributed by atoms with E-state index in [2.05, 4.69) is 182 Å². The van der Waals surface area contributed by atoms with Crippen LogP contribution in [0.4, 0.5) is 17.1 Å². The molecule has 218 valence electrons. The molecule has 0 saturated heterocycles. The smallest absolute Gasteiger partial charge is 0.137 e. The zero-order chi connectivity index (χ0) is 30.7. The lowest BCUT2D eigenvalue weighted by molar-refractivity contribution is 0.667. The van der Waals surface area contributed by atoms with Crippen molar-refractivity contribution in [3.05, 3.63) is 187 Å². The zero-order valence-electron chi connectivity index (χ0n) is 25.5. The lowest BCUT2D eigenvalue weighted by Gasteiger charge is -2.28. The second kappa shape index (κ2) is 10.4. The van der Waals surface area contributed by atoms with Gasteiger partial charge in [0.2, 0.25) is 0 Å². The van der Waals surface area contributed by atoms with Gasteiger partial charge in [-0.2, -0.15) is 0 Å². The third-order valence-electron chi connectivity index (χ3n) is 9.76. The molecule has 0 saturated carbocycles. The fourth-order valence-corrected chi connectivity index (χ4v) is 7.51. The largest absolute Gasteiger partial charge is 0.456 e. The first-order valence-electron chi connectivity index (χ1n) is 15.9. The van der Waals surface area contributed by atoms with Crippen LogP contribution in [0, 0.1) is 0 Å². The topological polar surface area (TPSA) is 16.4 Å². The summed E-state index contributed by atoms with van der Waals surface area (Å²) in [4.78, 5) is 2.35. The molecule has 2 nitrogen and oxygen atoms in total. The summed E-state index contributed by atoms with van der Waals surface area (Å²) >= 11 is 0. The van der Waals surface area contributed by atoms with Gasteiger partial charge in [-0.1, -0.05) is 121 Å². The molecule has 8 aromatic rings. The van der Waals surface area contributed by atoms with Crippen molar-refractivity contribution >= 4 is 39.0 Å². The Hall–Kier alpha value is -5.86. The molecule has 7 aromatic carbocycles. The Morgan fingerprint density at radius 2 is 1.07 bits per heavy atom. The number of rotatable bonds is 5. The Morgan fingerprint density at radius 1 is 0.478 bits per heavy atom. The first-order chi connectivity index (χ1) is 22.7. The van der Waals surface area contributed by atoms with Crippen molar-refractivity contribution in [2.45, 2.75) is 12.3 Å². The Balaban J connectivity index is 1.25. The Morgan fingerprint density at radius 3 is 1.76 bits per heavy atom. The highest BCUT2D eigenvalue weighted by atomic mass is 16.3. The standard InChI is InChI=1S/C44H31NO/c1-44(38-19-10-8-17-35(38)36-18-9-11-20-39(36)44)32-25-28-41-37(29-32)43-40(21-12-22-42(43)46-41)45(33-15-6-3-7-16-33)34-26-23-31(24-27-34)30-13-4-2-5-14-30/h2-29H,1H3. The minimum Gasteiger partial charge on any atom is -0.456 e. The van der Waals surface area contributed by atoms with Crippen LogP contribution in [-0.2, 0) is 5.41 Å². The second-order valence-corrected chi connectivity index (χ2v) is 12.3. The molecular weight excluding hydrogens is 558 g/mol. The molecule has 0 amide bonds. The van der Waals surface area contributed by atoms with E-state index in [4.69, 9.17) is 4.42 Å². The molecule has 0 fully saturated rings. The first-order valence-corrected chi connectivity index (χ1v) is 15.9. The number of hydrogen-bond acceptors (Lipinski definition) is 2. The summed E-state index contributed by atoms with van der Waals surface area (Å²) in [6, 6.07) is 60.9. The number of hydrogen-bond donors (Lipinski definition) is 0. The summed E-state index contributed by atoms with van der Waals surface area (Å²) in [6.45, 7) is 2.37. The average Bonchev–Trinajstić information content (AvgIpc) is 3.63. The summed E-state index contributed by atoms with van der Waals surface area (Å²) < 4.78 is 6.55. The van der Waals surface area contributed by atoms with Gasteiger partial charge in [0.15, 0.2) is 0 Å². The molecule has 9 rings (SSSR count). The van der Waals surface area contributed by atoms with E-state index in [-0.39, 0.29) is 5.41 Å². The molecule has 46 heavy (non-hydrogen) atoms. The number of para-hydroxylation sites is 1. The quantitative estimate of drug-likeness (QED) is 0.199. The van der Waals surface area contributed by atoms with Gasteiger partial charge in [0.05, 0.1) is 11.1 Å². The van der Waals surface area contributed by atoms with E-state index in [1.807, 2.05) is 0 Å². The Kier molecular flexibility index (Phi) is 5.97. The molecule has 1 aliphatic carbocycles. The Labute approximate surface area is 268 Å². The van der Waals surface area contributed by atoms with Crippen LogP contribution in [0.15, 0.2) is 174 Å². The van der Waals surface area contributed by atoms with Crippen LogP contribution in [0.25, 0.3) is 44.2 Å². The van der Waals surface area contributed by atoms with Crippen LogP contribution in [0.3, 0.4) is 0 Å². The van der Waals surface area contributed by atoms with Gasteiger partial charge in [-0.3, -0.25) is 0 Å². The van der Waals surface area contributed by atoms with Gasteiger partial charge in [0, 0.05) is 22.2 Å². The normalized spacial score (nSPS) is 13.1. The minimum atomic E-state index is -0.285. The van der Waals surface area contributed by atoms with Crippen LogP contribution in [0.5, 0.6) is 0 Å². The molecule has 1 aliphatic rings. The monoisotopic (exact) mass is 589 g/mol.